The Bertz CT molecular complexity index is 941. The molecule has 4 nitrogen and oxygen atoms in total. The van der Waals surface area contributed by atoms with Crippen molar-refractivity contribution in [3.63, 3.8) is 0 Å². The van der Waals surface area contributed by atoms with Crippen molar-refractivity contribution in [1.82, 2.24) is 9.55 Å². The van der Waals surface area contributed by atoms with E-state index in [0.717, 1.165) is 16.4 Å². The van der Waals surface area contributed by atoms with E-state index >= 15 is 0 Å². The Morgan fingerprint density at radius 1 is 1.15 bits per heavy atom. The highest BCUT2D eigenvalue weighted by Gasteiger charge is 2.13. The van der Waals surface area contributed by atoms with Gasteiger partial charge in [-0.3, -0.25) is 4.79 Å². The van der Waals surface area contributed by atoms with Crippen molar-refractivity contribution in [2.75, 3.05) is 11.1 Å². The summed E-state index contributed by atoms with van der Waals surface area (Å²) in [5.74, 6) is 0.0171. The highest BCUT2D eigenvalue weighted by Crippen LogP contribution is 2.30. The second-order valence-corrected chi connectivity index (χ2v) is 7.59. The third-order valence-electron chi connectivity index (χ3n) is 3.64. The fraction of sp³-hybridized carbons (Fsp3) is 0.111. The number of anilines is 1. The van der Waals surface area contributed by atoms with Crippen molar-refractivity contribution >= 4 is 58.2 Å². The molecule has 0 radical (unpaired) electrons. The minimum Gasteiger partial charge on any atom is -0.324 e. The number of imidazole rings is 1. The lowest BCUT2D eigenvalue weighted by Crippen LogP contribution is -2.14. The van der Waals surface area contributed by atoms with Crippen LogP contribution in [0, 0.1) is 0 Å². The largest absolute Gasteiger partial charge is 0.324 e. The topological polar surface area (TPSA) is 46.9 Å². The number of carbonyl (C=O) groups is 1. The van der Waals surface area contributed by atoms with Crippen LogP contribution in [0.5, 0.6) is 0 Å². The van der Waals surface area contributed by atoms with Crippen LogP contribution in [0.15, 0.2) is 53.8 Å². The lowest BCUT2D eigenvalue weighted by atomic mass is 10.2. The number of rotatable bonds is 5. The van der Waals surface area contributed by atoms with Gasteiger partial charge in [-0.05, 0) is 29.8 Å². The van der Waals surface area contributed by atoms with Crippen LogP contribution in [0.4, 0.5) is 5.69 Å². The predicted octanol–water partition coefficient (Wildman–Crippen LogP) is 5.78. The van der Waals surface area contributed by atoms with Gasteiger partial charge in [-0.1, -0.05) is 64.8 Å². The van der Waals surface area contributed by atoms with Gasteiger partial charge in [-0.2, -0.15) is 0 Å². The molecular weight excluding hydrogens is 413 g/mol. The number of thioether (sulfide) groups is 1. The monoisotopic (exact) mass is 425 g/mol. The molecule has 2 aromatic carbocycles. The molecule has 0 bridgehead atoms. The summed E-state index contributed by atoms with van der Waals surface area (Å²) in [6, 6.07) is 12.6. The summed E-state index contributed by atoms with van der Waals surface area (Å²) in [5.41, 5.74) is 2.44. The lowest BCUT2D eigenvalue weighted by Gasteiger charge is -2.08. The first kappa shape index (κ1) is 19.1. The van der Waals surface area contributed by atoms with Crippen molar-refractivity contribution in [2.45, 2.75) is 5.16 Å². The van der Waals surface area contributed by atoms with Gasteiger partial charge in [0, 0.05) is 12.1 Å². The summed E-state index contributed by atoms with van der Waals surface area (Å²) < 4.78 is 1.94. The van der Waals surface area contributed by atoms with Crippen molar-refractivity contribution < 1.29 is 4.79 Å². The van der Waals surface area contributed by atoms with Gasteiger partial charge in [0.1, 0.15) is 0 Å². The van der Waals surface area contributed by atoms with Gasteiger partial charge in [0.2, 0.25) is 5.91 Å². The van der Waals surface area contributed by atoms with Crippen molar-refractivity contribution in [3.8, 4) is 11.3 Å². The molecule has 0 atom stereocenters. The Balaban J connectivity index is 1.66. The first-order valence-electron chi connectivity index (χ1n) is 7.60. The van der Waals surface area contributed by atoms with Crippen LogP contribution in [-0.4, -0.2) is 21.2 Å². The molecule has 1 N–H and O–H groups in total. The Kier molecular flexibility index (Phi) is 6.14. The molecule has 1 amide bonds. The normalized spacial score (nSPS) is 10.8. The molecule has 3 aromatic rings. The molecule has 8 heteroatoms. The van der Waals surface area contributed by atoms with E-state index in [1.54, 1.807) is 24.4 Å². The standard InChI is InChI=1S/C18H14Cl3N3OS/c1-24-15(11-5-7-12(19)8-6-11)9-22-18(24)26-10-16(25)23-14-4-2-3-13(20)17(14)21/h2-9H,10H2,1H3,(H,23,25). The Morgan fingerprint density at radius 2 is 1.88 bits per heavy atom. The third-order valence-corrected chi connectivity index (χ3v) is 5.76. The quantitative estimate of drug-likeness (QED) is 0.526. The minimum absolute atomic E-state index is 0.185. The maximum Gasteiger partial charge on any atom is 0.234 e. The molecule has 1 aromatic heterocycles. The molecule has 134 valence electrons. The molecule has 0 aliphatic heterocycles. The maximum absolute atomic E-state index is 12.2. The highest BCUT2D eigenvalue weighted by molar-refractivity contribution is 7.99. The van der Waals surface area contributed by atoms with Crippen LogP contribution < -0.4 is 5.32 Å². The van der Waals surface area contributed by atoms with Crippen LogP contribution in [0.25, 0.3) is 11.3 Å². The SMILES string of the molecule is Cn1c(-c2ccc(Cl)cc2)cnc1SCC(=O)Nc1cccc(Cl)c1Cl. The molecule has 0 saturated carbocycles. The zero-order valence-electron chi connectivity index (χ0n) is 13.7. The fourth-order valence-corrected chi connectivity index (χ4v) is 3.56. The summed E-state index contributed by atoms with van der Waals surface area (Å²) in [4.78, 5) is 16.6. The molecule has 0 saturated heterocycles. The summed E-state index contributed by atoms with van der Waals surface area (Å²) in [6.07, 6.45) is 1.78. The average Bonchev–Trinajstić information content (AvgIpc) is 2.99. The van der Waals surface area contributed by atoms with E-state index < -0.39 is 0 Å². The summed E-state index contributed by atoms with van der Waals surface area (Å²) in [7, 11) is 1.91. The molecule has 3 rings (SSSR count). The molecule has 0 aliphatic carbocycles. The molecule has 26 heavy (non-hydrogen) atoms. The number of nitrogens with zero attached hydrogens (tertiary/aromatic N) is 2. The predicted molar refractivity (Wildman–Crippen MR) is 109 cm³/mol. The van der Waals surface area contributed by atoms with E-state index in [1.807, 2.05) is 35.9 Å². The van der Waals surface area contributed by atoms with Crippen LogP contribution in [0.3, 0.4) is 0 Å². The number of amides is 1. The van der Waals surface area contributed by atoms with E-state index in [-0.39, 0.29) is 11.7 Å². The Morgan fingerprint density at radius 3 is 2.62 bits per heavy atom. The second kappa shape index (κ2) is 8.35. The Labute approximate surface area is 170 Å². The van der Waals surface area contributed by atoms with Crippen LogP contribution >= 0.6 is 46.6 Å². The molecule has 0 unspecified atom stereocenters. The van der Waals surface area contributed by atoms with E-state index in [9.17, 15) is 4.79 Å². The summed E-state index contributed by atoms with van der Waals surface area (Å²) in [5, 5.41) is 4.90. The minimum atomic E-state index is -0.185. The van der Waals surface area contributed by atoms with Crippen molar-refractivity contribution in [3.05, 3.63) is 63.7 Å². The van der Waals surface area contributed by atoms with Gasteiger partial charge in [0.15, 0.2) is 5.16 Å². The number of hydrogen-bond donors (Lipinski definition) is 1. The molecule has 0 spiro atoms. The van der Waals surface area contributed by atoms with Crippen LogP contribution in [0.2, 0.25) is 15.1 Å². The number of nitrogens with one attached hydrogen (secondary N) is 1. The van der Waals surface area contributed by atoms with E-state index in [0.29, 0.717) is 20.8 Å². The zero-order chi connectivity index (χ0) is 18.7. The van der Waals surface area contributed by atoms with Crippen molar-refractivity contribution in [1.29, 1.82) is 0 Å². The number of benzene rings is 2. The van der Waals surface area contributed by atoms with Gasteiger partial charge in [0.25, 0.3) is 0 Å². The first-order valence-corrected chi connectivity index (χ1v) is 9.72. The van der Waals surface area contributed by atoms with Gasteiger partial charge in [0.05, 0.1) is 33.4 Å². The maximum atomic E-state index is 12.2. The summed E-state index contributed by atoms with van der Waals surface area (Å²) >= 11 is 19.3. The summed E-state index contributed by atoms with van der Waals surface area (Å²) in [6.45, 7) is 0. The van der Waals surface area contributed by atoms with E-state index in [2.05, 4.69) is 10.3 Å². The Hall–Kier alpha value is -1.66. The molecule has 0 aliphatic rings. The van der Waals surface area contributed by atoms with E-state index in [4.69, 9.17) is 34.8 Å². The average molecular weight is 427 g/mol. The number of aromatic nitrogens is 2. The van der Waals surface area contributed by atoms with E-state index in [1.165, 1.54) is 11.8 Å². The van der Waals surface area contributed by atoms with Gasteiger partial charge >= 0.3 is 0 Å². The fourth-order valence-electron chi connectivity index (χ4n) is 2.33. The third kappa shape index (κ3) is 4.35. The zero-order valence-corrected chi connectivity index (χ0v) is 16.8. The molecular formula is C18H14Cl3N3OS. The van der Waals surface area contributed by atoms with Crippen LogP contribution in [-0.2, 0) is 11.8 Å². The molecule has 0 fully saturated rings. The lowest BCUT2D eigenvalue weighted by molar-refractivity contribution is -0.113. The number of halogens is 3. The molecule has 1 heterocycles. The van der Waals surface area contributed by atoms with Gasteiger partial charge in [-0.15, -0.1) is 0 Å². The second-order valence-electron chi connectivity index (χ2n) is 5.43. The van der Waals surface area contributed by atoms with Crippen LogP contribution in [0.1, 0.15) is 0 Å². The van der Waals surface area contributed by atoms with Gasteiger partial charge in [-0.25, -0.2) is 4.98 Å². The van der Waals surface area contributed by atoms with Gasteiger partial charge < -0.3 is 9.88 Å². The number of carbonyl (C=O) groups excluding carboxylic acids is 1. The number of hydrogen-bond acceptors (Lipinski definition) is 3. The highest BCUT2D eigenvalue weighted by atomic mass is 35.5. The van der Waals surface area contributed by atoms with Crippen molar-refractivity contribution in [2.24, 2.45) is 7.05 Å². The smallest absolute Gasteiger partial charge is 0.234 e. The first-order chi connectivity index (χ1) is 12.5.